The highest BCUT2D eigenvalue weighted by Crippen LogP contribution is 2.31. The molecule has 6 heteroatoms. The number of para-hydroxylation sites is 1. The average molecular weight is 308 g/mol. The molecule has 0 saturated heterocycles. The summed E-state index contributed by atoms with van der Waals surface area (Å²) in [5.74, 6) is 0.285. The summed E-state index contributed by atoms with van der Waals surface area (Å²) in [5.41, 5.74) is 1.69. The minimum atomic E-state index is -3.72. The highest BCUT2D eigenvalue weighted by molar-refractivity contribution is 7.92. The van der Waals surface area contributed by atoms with Crippen LogP contribution < -0.4 is 4.72 Å². The fraction of sp³-hybridized carbons (Fsp3) is 0.400. The number of hydrogen-bond donors (Lipinski definition) is 1. The van der Waals surface area contributed by atoms with Crippen LogP contribution in [0.3, 0.4) is 0 Å². The Morgan fingerprint density at radius 1 is 1.14 bits per heavy atom. The molecule has 114 valence electrons. The van der Waals surface area contributed by atoms with Gasteiger partial charge >= 0.3 is 0 Å². The van der Waals surface area contributed by atoms with Crippen molar-refractivity contribution in [1.82, 2.24) is 5.16 Å². The van der Waals surface area contributed by atoms with E-state index in [-0.39, 0.29) is 16.1 Å². The molecule has 2 aromatic rings. The summed E-state index contributed by atoms with van der Waals surface area (Å²) in [6.07, 6.45) is 0. The second-order valence-electron chi connectivity index (χ2n) is 6.05. The van der Waals surface area contributed by atoms with Gasteiger partial charge in [0.15, 0.2) is 10.7 Å². The van der Waals surface area contributed by atoms with Gasteiger partial charge in [0.05, 0.1) is 5.69 Å². The molecular weight excluding hydrogens is 288 g/mol. The van der Waals surface area contributed by atoms with Crippen LogP contribution in [0.4, 0.5) is 5.69 Å². The molecule has 0 aliphatic heterocycles. The van der Waals surface area contributed by atoms with E-state index in [0.29, 0.717) is 11.4 Å². The number of nitrogens with one attached hydrogen (secondary N) is 1. The summed E-state index contributed by atoms with van der Waals surface area (Å²) >= 11 is 0. The molecule has 0 spiro atoms. The lowest BCUT2D eigenvalue weighted by atomic mass is 9.86. The van der Waals surface area contributed by atoms with Gasteiger partial charge in [0.25, 0.3) is 10.0 Å². The van der Waals surface area contributed by atoms with E-state index in [0.717, 1.165) is 5.56 Å². The summed E-state index contributed by atoms with van der Waals surface area (Å²) in [4.78, 5) is 0.103. The summed E-state index contributed by atoms with van der Waals surface area (Å²) in [7, 11) is -3.72. The summed E-state index contributed by atoms with van der Waals surface area (Å²) < 4.78 is 32.7. The van der Waals surface area contributed by atoms with Crippen molar-refractivity contribution in [1.29, 1.82) is 0 Å². The molecule has 0 bridgehead atoms. The number of sulfonamides is 1. The van der Waals surface area contributed by atoms with Gasteiger partial charge in [-0.05, 0) is 30.9 Å². The van der Waals surface area contributed by atoms with Gasteiger partial charge in [-0.2, -0.15) is 0 Å². The van der Waals surface area contributed by atoms with E-state index in [1.165, 1.54) is 0 Å². The van der Waals surface area contributed by atoms with Crippen LogP contribution in [0, 0.1) is 13.8 Å². The largest absolute Gasteiger partial charge is 0.360 e. The quantitative estimate of drug-likeness (QED) is 0.943. The molecule has 1 aromatic heterocycles. The maximum Gasteiger partial charge on any atom is 0.267 e. The minimum Gasteiger partial charge on any atom is -0.360 e. The van der Waals surface area contributed by atoms with Crippen LogP contribution in [0.5, 0.6) is 0 Å². The number of benzene rings is 1. The first kappa shape index (κ1) is 15.6. The molecule has 21 heavy (non-hydrogen) atoms. The molecule has 0 atom stereocenters. The zero-order valence-electron chi connectivity index (χ0n) is 12.9. The van der Waals surface area contributed by atoms with Crippen LogP contribution in [-0.4, -0.2) is 13.6 Å². The van der Waals surface area contributed by atoms with Gasteiger partial charge in [-0.3, -0.25) is 4.72 Å². The molecule has 1 aromatic carbocycles. The first-order chi connectivity index (χ1) is 9.63. The first-order valence-electron chi connectivity index (χ1n) is 6.68. The zero-order valence-corrected chi connectivity index (χ0v) is 13.7. The van der Waals surface area contributed by atoms with E-state index in [1.807, 2.05) is 32.9 Å². The Bertz CT molecular complexity index is 736. The molecule has 0 aliphatic rings. The van der Waals surface area contributed by atoms with Crippen LogP contribution in [0.1, 0.15) is 37.8 Å². The van der Waals surface area contributed by atoms with E-state index in [2.05, 4.69) is 9.88 Å². The molecule has 0 radical (unpaired) electrons. The second kappa shape index (κ2) is 5.18. The number of aromatic nitrogens is 1. The maximum atomic E-state index is 12.6. The summed E-state index contributed by atoms with van der Waals surface area (Å²) in [5, 5.41) is 3.70. The highest BCUT2D eigenvalue weighted by atomic mass is 32.2. The highest BCUT2D eigenvalue weighted by Gasteiger charge is 2.26. The lowest BCUT2D eigenvalue weighted by Crippen LogP contribution is -2.19. The number of rotatable bonds is 3. The molecular formula is C15H20N2O3S. The number of nitrogens with zero attached hydrogens (tertiary/aromatic N) is 1. The van der Waals surface area contributed by atoms with Gasteiger partial charge in [-0.1, -0.05) is 44.1 Å². The third kappa shape index (κ3) is 3.10. The van der Waals surface area contributed by atoms with Gasteiger partial charge in [0.1, 0.15) is 5.69 Å². The van der Waals surface area contributed by atoms with Crippen molar-refractivity contribution in [2.45, 2.75) is 44.9 Å². The van der Waals surface area contributed by atoms with Crippen LogP contribution >= 0.6 is 0 Å². The lowest BCUT2D eigenvalue weighted by Gasteiger charge is -2.23. The van der Waals surface area contributed by atoms with Gasteiger partial charge in [0, 0.05) is 0 Å². The van der Waals surface area contributed by atoms with Crippen molar-refractivity contribution < 1.29 is 12.9 Å². The molecule has 2 rings (SSSR count). The Labute approximate surface area is 125 Å². The van der Waals surface area contributed by atoms with Crippen LogP contribution in [-0.2, 0) is 15.4 Å². The van der Waals surface area contributed by atoms with Gasteiger partial charge < -0.3 is 4.52 Å². The fourth-order valence-electron chi connectivity index (χ4n) is 2.28. The lowest BCUT2D eigenvalue weighted by molar-refractivity contribution is 0.390. The van der Waals surface area contributed by atoms with E-state index in [1.54, 1.807) is 26.0 Å². The van der Waals surface area contributed by atoms with Crippen molar-refractivity contribution in [3.63, 3.8) is 0 Å². The third-order valence-electron chi connectivity index (χ3n) is 3.22. The van der Waals surface area contributed by atoms with Crippen molar-refractivity contribution in [2.24, 2.45) is 0 Å². The Hall–Kier alpha value is -1.82. The van der Waals surface area contributed by atoms with Crippen molar-refractivity contribution in [3.8, 4) is 0 Å². The number of anilines is 1. The van der Waals surface area contributed by atoms with Crippen LogP contribution in [0.2, 0.25) is 0 Å². The topological polar surface area (TPSA) is 72.2 Å². The van der Waals surface area contributed by atoms with E-state index >= 15 is 0 Å². The maximum absolute atomic E-state index is 12.6. The Balaban J connectivity index is 2.48. The van der Waals surface area contributed by atoms with Crippen molar-refractivity contribution in [3.05, 3.63) is 41.3 Å². The SMILES string of the molecule is Cc1noc(C)c1S(=O)(=O)Nc1ccccc1C(C)(C)C. The number of hydrogen-bond acceptors (Lipinski definition) is 4. The predicted molar refractivity (Wildman–Crippen MR) is 81.9 cm³/mol. The van der Waals surface area contributed by atoms with Crippen LogP contribution in [0.25, 0.3) is 0 Å². The fourth-order valence-corrected chi connectivity index (χ4v) is 3.69. The summed E-state index contributed by atoms with van der Waals surface area (Å²) in [6, 6.07) is 7.39. The minimum absolute atomic E-state index is 0.103. The van der Waals surface area contributed by atoms with E-state index in [4.69, 9.17) is 4.52 Å². The molecule has 0 aliphatic carbocycles. The average Bonchev–Trinajstić information content (AvgIpc) is 2.68. The Kier molecular flexibility index (Phi) is 3.84. The third-order valence-corrected chi connectivity index (χ3v) is 4.82. The number of aryl methyl sites for hydroxylation is 2. The smallest absolute Gasteiger partial charge is 0.267 e. The monoisotopic (exact) mass is 308 g/mol. The first-order valence-corrected chi connectivity index (χ1v) is 8.16. The van der Waals surface area contributed by atoms with Crippen molar-refractivity contribution >= 4 is 15.7 Å². The molecule has 0 amide bonds. The second-order valence-corrected chi connectivity index (χ2v) is 7.67. The predicted octanol–water partition coefficient (Wildman–Crippen LogP) is 3.39. The summed E-state index contributed by atoms with van der Waals surface area (Å²) in [6.45, 7) is 9.31. The van der Waals surface area contributed by atoms with Gasteiger partial charge in [-0.15, -0.1) is 0 Å². The molecule has 0 unspecified atom stereocenters. The molecule has 0 saturated carbocycles. The molecule has 5 nitrogen and oxygen atoms in total. The molecule has 1 N–H and O–H groups in total. The van der Waals surface area contributed by atoms with Gasteiger partial charge in [0.2, 0.25) is 0 Å². The van der Waals surface area contributed by atoms with E-state index < -0.39 is 10.0 Å². The Morgan fingerprint density at radius 2 is 1.76 bits per heavy atom. The normalized spacial score (nSPS) is 12.4. The van der Waals surface area contributed by atoms with Crippen molar-refractivity contribution in [2.75, 3.05) is 4.72 Å². The molecule has 1 heterocycles. The standard InChI is InChI=1S/C15H20N2O3S/c1-10-14(11(2)20-16-10)21(18,19)17-13-9-7-6-8-12(13)15(3,4)5/h6-9,17H,1-5H3. The Morgan fingerprint density at radius 3 is 2.29 bits per heavy atom. The van der Waals surface area contributed by atoms with Crippen LogP contribution in [0.15, 0.2) is 33.7 Å². The van der Waals surface area contributed by atoms with E-state index in [9.17, 15) is 8.42 Å². The zero-order chi connectivity index (χ0) is 15.8. The van der Waals surface area contributed by atoms with Gasteiger partial charge in [-0.25, -0.2) is 8.42 Å². The molecule has 0 fully saturated rings.